The van der Waals surface area contributed by atoms with Crippen LogP contribution in [0.25, 0.3) is 11.3 Å². The van der Waals surface area contributed by atoms with Gasteiger partial charge in [0, 0.05) is 31.4 Å². The molecule has 1 unspecified atom stereocenters. The largest absolute Gasteiger partial charge is 0.323 e. The first-order valence-corrected chi connectivity index (χ1v) is 6.31. The highest BCUT2D eigenvalue weighted by atomic mass is 31.1. The lowest BCUT2D eigenvalue weighted by Gasteiger charge is -2.25. The van der Waals surface area contributed by atoms with Gasteiger partial charge in [-0.3, -0.25) is 10.00 Å². The second-order valence-corrected chi connectivity index (χ2v) is 4.84. The Hall–Kier alpha value is -1.26. The maximum Gasteiger partial charge on any atom is 0.162 e. The van der Waals surface area contributed by atoms with Crippen LogP contribution >= 0.6 is 8.89 Å². The summed E-state index contributed by atoms with van der Waals surface area (Å²) in [5.41, 5.74) is 3.41. The summed E-state index contributed by atoms with van der Waals surface area (Å²) in [6.45, 7) is 2.55. The van der Waals surface area contributed by atoms with E-state index in [4.69, 9.17) is 0 Å². The quantitative estimate of drug-likeness (QED) is 0.809. The van der Waals surface area contributed by atoms with Crippen LogP contribution in [0.3, 0.4) is 0 Å². The first-order valence-electron chi connectivity index (χ1n) is 5.43. The van der Waals surface area contributed by atoms with Gasteiger partial charge < -0.3 is 4.57 Å². The van der Waals surface area contributed by atoms with Crippen LogP contribution in [0.15, 0.2) is 12.4 Å². The smallest absolute Gasteiger partial charge is 0.162 e. The molecular formula is C10H13FN5P. The highest BCUT2D eigenvalue weighted by Gasteiger charge is 2.23. The Morgan fingerprint density at radius 1 is 1.47 bits per heavy atom. The second-order valence-electron chi connectivity index (χ2n) is 4.20. The molecule has 2 aromatic heterocycles. The fraction of sp³-hybridized carbons (Fsp3) is 0.400. The third kappa shape index (κ3) is 1.77. The average Bonchev–Trinajstić information content (AvgIpc) is 2.94. The molecule has 0 aliphatic carbocycles. The van der Waals surface area contributed by atoms with Crippen LogP contribution in [0.1, 0.15) is 5.69 Å². The maximum atomic E-state index is 13.0. The summed E-state index contributed by atoms with van der Waals surface area (Å²) in [5.74, 6) is 0. The van der Waals surface area contributed by atoms with Gasteiger partial charge in [-0.2, -0.15) is 5.10 Å². The van der Waals surface area contributed by atoms with Crippen molar-refractivity contribution in [1.82, 2.24) is 24.6 Å². The summed E-state index contributed by atoms with van der Waals surface area (Å²) in [6, 6.07) is 0. The van der Waals surface area contributed by atoms with E-state index in [1.165, 1.54) is 0 Å². The van der Waals surface area contributed by atoms with Gasteiger partial charge in [0.15, 0.2) is 5.57 Å². The van der Waals surface area contributed by atoms with Crippen LogP contribution < -0.4 is 5.57 Å². The number of imidazole rings is 1. The van der Waals surface area contributed by atoms with E-state index in [-0.39, 0.29) is 0 Å². The van der Waals surface area contributed by atoms with Gasteiger partial charge in [0.1, 0.15) is 8.89 Å². The summed E-state index contributed by atoms with van der Waals surface area (Å²) in [6.07, 6.45) is 3.52. The van der Waals surface area contributed by atoms with Gasteiger partial charge in [0.25, 0.3) is 0 Å². The Bertz CT molecular complexity index is 521. The SMILES string of the molecule is CN1CCn2c(PF)nc(-c3cn[nH]c3)c2C1. The first-order chi connectivity index (χ1) is 8.29. The molecule has 0 amide bonds. The van der Waals surface area contributed by atoms with Crippen molar-refractivity contribution in [3.05, 3.63) is 18.1 Å². The molecule has 1 atom stereocenters. The van der Waals surface area contributed by atoms with E-state index < -0.39 is 8.89 Å². The topological polar surface area (TPSA) is 49.7 Å². The number of fused-ring (bicyclic) bond motifs is 1. The van der Waals surface area contributed by atoms with Gasteiger partial charge in [-0.25, -0.2) is 9.18 Å². The number of aromatic nitrogens is 4. The zero-order valence-corrected chi connectivity index (χ0v) is 10.4. The minimum atomic E-state index is -0.761. The Balaban J connectivity index is 2.13. The van der Waals surface area contributed by atoms with E-state index in [1.807, 2.05) is 4.57 Å². The number of nitrogens with one attached hydrogen (secondary N) is 1. The third-order valence-corrected chi connectivity index (χ3v) is 3.60. The van der Waals surface area contributed by atoms with E-state index in [2.05, 4.69) is 27.1 Å². The number of rotatable bonds is 2. The van der Waals surface area contributed by atoms with Crippen LogP contribution in [0.2, 0.25) is 0 Å². The molecule has 0 saturated heterocycles. The summed E-state index contributed by atoms with van der Waals surface area (Å²) in [5, 5.41) is 6.69. The molecule has 0 radical (unpaired) electrons. The maximum absolute atomic E-state index is 13.0. The number of H-pyrrole nitrogens is 1. The fourth-order valence-electron chi connectivity index (χ4n) is 2.18. The van der Waals surface area contributed by atoms with Crippen LogP contribution in [0.5, 0.6) is 0 Å². The van der Waals surface area contributed by atoms with Gasteiger partial charge in [0.05, 0.1) is 17.6 Å². The summed E-state index contributed by atoms with van der Waals surface area (Å²) in [7, 11) is 1.30. The van der Waals surface area contributed by atoms with Crippen LogP contribution in [-0.2, 0) is 13.1 Å². The zero-order chi connectivity index (χ0) is 11.8. The molecule has 1 N–H and O–H groups in total. The van der Waals surface area contributed by atoms with Gasteiger partial charge >= 0.3 is 0 Å². The number of hydrogen-bond acceptors (Lipinski definition) is 3. The predicted octanol–water partition coefficient (Wildman–Crippen LogP) is 0.907. The summed E-state index contributed by atoms with van der Waals surface area (Å²) >= 11 is 0. The molecule has 7 heteroatoms. The van der Waals surface area contributed by atoms with Gasteiger partial charge in [0.2, 0.25) is 0 Å². The standard InChI is InChI=1S/C10H13FN5P/c1-15-2-3-16-8(6-15)9(14-10(16)17-11)7-4-12-13-5-7/h4-5,17H,2-3,6H2,1H3,(H,12,13). The average molecular weight is 253 g/mol. The van der Waals surface area contributed by atoms with E-state index in [0.29, 0.717) is 5.57 Å². The molecule has 1 aliphatic heterocycles. The lowest BCUT2D eigenvalue weighted by molar-refractivity contribution is 0.272. The molecule has 0 bridgehead atoms. The normalized spacial score (nSPS) is 16.8. The molecular weight excluding hydrogens is 240 g/mol. The summed E-state index contributed by atoms with van der Waals surface area (Å²) < 4.78 is 15.0. The van der Waals surface area contributed by atoms with Crippen molar-refractivity contribution >= 4 is 14.5 Å². The second kappa shape index (κ2) is 4.20. The minimum absolute atomic E-state index is 0.546. The number of likely N-dealkylation sites (N-methyl/N-ethyl adjacent to an activating group) is 1. The van der Waals surface area contributed by atoms with Crippen molar-refractivity contribution < 1.29 is 4.20 Å². The van der Waals surface area contributed by atoms with Crippen molar-refractivity contribution in [2.75, 3.05) is 13.6 Å². The number of halogens is 1. The molecule has 2 aromatic rings. The van der Waals surface area contributed by atoms with Crippen molar-refractivity contribution in [2.24, 2.45) is 0 Å². The van der Waals surface area contributed by atoms with Crippen molar-refractivity contribution in [2.45, 2.75) is 13.1 Å². The van der Waals surface area contributed by atoms with Crippen molar-refractivity contribution in [3.63, 3.8) is 0 Å². The van der Waals surface area contributed by atoms with Crippen molar-refractivity contribution in [1.29, 1.82) is 0 Å². The molecule has 90 valence electrons. The highest BCUT2D eigenvalue weighted by Crippen LogP contribution is 2.26. The number of aromatic amines is 1. The molecule has 17 heavy (non-hydrogen) atoms. The van der Waals surface area contributed by atoms with Gasteiger partial charge in [-0.05, 0) is 7.05 Å². The summed E-state index contributed by atoms with van der Waals surface area (Å²) in [4.78, 5) is 6.61. The molecule has 3 heterocycles. The van der Waals surface area contributed by atoms with Crippen LogP contribution in [0.4, 0.5) is 4.20 Å². The highest BCUT2D eigenvalue weighted by molar-refractivity contribution is 7.40. The van der Waals surface area contributed by atoms with E-state index in [1.54, 1.807) is 12.4 Å². The number of nitrogens with zero attached hydrogens (tertiary/aromatic N) is 4. The lowest BCUT2D eigenvalue weighted by Crippen LogP contribution is -2.33. The van der Waals surface area contributed by atoms with Gasteiger partial charge in [-0.15, -0.1) is 0 Å². The Labute approximate surface area is 99.9 Å². The monoisotopic (exact) mass is 253 g/mol. The first kappa shape index (κ1) is 10.9. The Morgan fingerprint density at radius 2 is 2.35 bits per heavy atom. The molecule has 5 nitrogen and oxygen atoms in total. The zero-order valence-electron chi connectivity index (χ0n) is 9.44. The fourth-order valence-corrected chi connectivity index (χ4v) is 2.68. The third-order valence-electron chi connectivity index (χ3n) is 3.05. The number of hydrogen-bond donors (Lipinski definition) is 1. The van der Waals surface area contributed by atoms with E-state index in [0.717, 1.165) is 36.6 Å². The van der Waals surface area contributed by atoms with E-state index >= 15 is 0 Å². The molecule has 0 spiro atoms. The predicted molar refractivity (Wildman–Crippen MR) is 65.2 cm³/mol. The van der Waals surface area contributed by atoms with Crippen molar-refractivity contribution in [3.8, 4) is 11.3 Å². The molecule has 0 aromatic carbocycles. The van der Waals surface area contributed by atoms with Crippen LogP contribution in [-0.4, -0.2) is 38.2 Å². The molecule has 3 rings (SSSR count). The Morgan fingerprint density at radius 3 is 3.06 bits per heavy atom. The minimum Gasteiger partial charge on any atom is -0.323 e. The van der Waals surface area contributed by atoms with E-state index in [9.17, 15) is 4.20 Å². The molecule has 0 saturated carbocycles. The molecule has 0 fully saturated rings. The van der Waals surface area contributed by atoms with Crippen LogP contribution in [0, 0.1) is 0 Å². The molecule has 1 aliphatic rings. The lowest BCUT2D eigenvalue weighted by atomic mass is 10.2. The Kier molecular flexibility index (Phi) is 2.68. The van der Waals surface area contributed by atoms with Gasteiger partial charge in [-0.1, -0.05) is 0 Å².